The van der Waals surface area contributed by atoms with Crippen molar-refractivity contribution < 1.29 is 19.5 Å². The van der Waals surface area contributed by atoms with Gasteiger partial charge in [0.05, 0.1) is 5.69 Å². The van der Waals surface area contributed by atoms with Gasteiger partial charge in [-0.3, -0.25) is 9.59 Å². The van der Waals surface area contributed by atoms with Crippen LogP contribution in [0.15, 0.2) is 66.7 Å². The highest BCUT2D eigenvalue weighted by Gasteiger charge is 2.18. The van der Waals surface area contributed by atoms with E-state index in [1.807, 2.05) is 49.4 Å². The number of hydrogen-bond acceptors (Lipinski definition) is 4. The Bertz CT molecular complexity index is 1040. The zero-order chi connectivity index (χ0) is 20.8. The summed E-state index contributed by atoms with van der Waals surface area (Å²) in [4.78, 5) is 37.0. The third-order valence-electron chi connectivity index (χ3n) is 4.59. The van der Waals surface area contributed by atoms with Crippen molar-refractivity contribution in [2.24, 2.45) is 0 Å². The number of aliphatic carboxylic acids is 1. The van der Waals surface area contributed by atoms with Crippen LogP contribution in [-0.4, -0.2) is 24.3 Å². The molecule has 0 aromatic heterocycles. The smallest absolute Gasteiger partial charge is 0.258 e. The molecule has 6 heteroatoms. The molecule has 0 aliphatic carbocycles. The van der Waals surface area contributed by atoms with Gasteiger partial charge in [-0.2, -0.15) is 0 Å². The number of fused-ring (bicyclic) bond motifs is 1. The summed E-state index contributed by atoms with van der Waals surface area (Å²) in [6.07, 6.45) is -0.493. The number of carboxylic acids is 1. The fraction of sp³-hybridized carbons (Fsp3) is 0.174. The zero-order valence-corrected chi connectivity index (χ0v) is 16.1. The van der Waals surface area contributed by atoms with Gasteiger partial charge in [-0.25, -0.2) is 0 Å². The Hall–Kier alpha value is -3.67. The molecule has 6 nitrogen and oxygen atoms in total. The van der Waals surface area contributed by atoms with Crippen LogP contribution in [0.1, 0.15) is 30.1 Å². The summed E-state index contributed by atoms with van der Waals surface area (Å²) in [7, 11) is 0. The van der Waals surface area contributed by atoms with Gasteiger partial charge in [-0.15, -0.1) is 0 Å². The maximum Gasteiger partial charge on any atom is 0.258 e. The Kier molecular flexibility index (Phi) is 6.24. The molecule has 0 aliphatic heterocycles. The van der Waals surface area contributed by atoms with Crippen molar-refractivity contribution in [2.75, 3.05) is 16.8 Å². The van der Waals surface area contributed by atoms with Gasteiger partial charge in [-0.1, -0.05) is 36.4 Å². The second kappa shape index (κ2) is 9.01. The molecule has 0 bridgehead atoms. The van der Waals surface area contributed by atoms with Gasteiger partial charge in [0, 0.05) is 35.6 Å². The van der Waals surface area contributed by atoms with Gasteiger partial charge >= 0.3 is 0 Å². The third-order valence-corrected chi connectivity index (χ3v) is 4.59. The quantitative estimate of drug-likeness (QED) is 0.673. The normalized spacial score (nSPS) is 10.5. The van der Waals surface area contributed by atoms with Crippen LogP contribution in [0.25, 0.3) is 10.8 Å². The minimum absolute atomic E-state index is 0.140. The van der Waals surface area contributed by atoms with E-state index in [0.29, 0.717) is 17.8 Å². The van der Waals surface area contributed by atoms with E-state index >= 15 is 0 Å². The first kappa shape index (κ1) is 20.1. The summed E-state index contributed by atoms with van der Waals surface area (Å²) in [6.45, 7) is 2.43. The highest BCUT2D eigenvalue weighted by molar-refractivity contribution is 6.11. The van der Waals surface area contributed by atoms with Crippen molar-refractivity contribution in [3.8, 4) is 0 Å². The lowest BCUT2D eigenvalue weighted by molar-refractivity contribution is -0.305. The molecular formula is C23H21N2O4-. The number of nitrogens with zero attached hydrogens (tertiary/aromatic N) is 1. The molecule has 1 N–H and O–H groups in total. The van der Waals surface area contributed by atoms with Crippen molar-refractivity contribution in [3.63, 3.8) is 0 Å². The van der Waals surface area contributed by atoms with Crippen LogP contribution in [0.4, 0.5) is 11.4 Å². The van der Waals surface area contributed by atoms with Crippen LogP contribution < -0.4 is 15.3 Å². The van der Waals surface area contributed by atoms with Gasteiger partial charge in [0.2, 0.25) is 5.91 Å². The molecule has 0 fully saturated rings. The molecule has 0 saturated heterocycles. The Morgan fingerprint density at radius 1 is 0.897 bits per heavy atom. The monoisotopic (exact) mass is 389 g/mol. The number of carbonyl (C=O) groups is 3. The lowest BCUT2D eigenvalue weighted by Gasteiger charge is -2.23. The molecule has 0 atom stereocenters. The van der Waals surface area contributed by atoms with Gasteiger partial charge in [-0.05, 0) is 49.1 Å². The summed E-state index contributed by atoms with van der Waals surface area (Å²) < 4.78 is 0. The average Bonchev–Trinajstić information content (AvgIpc) is 2.73. The molecule has 0 heterocycles. The average molecular weight is 389 g/mol. The van der Waals surface area contributed by atoms with E-state index in [2.05, 4.69) is 5.32 Å². The summed E-state index contributed by atoms with van der Waals surface area (Å²) in [5, 5.41) is 15.1. The highest BCUT2D eigenvalue weighted by atomic mass is 16.4. The van der Waals surface area contributed by atoms with Crippen LogP contribution >= 0.6 is 0 Å². The third kappa shape index (κ3) is 4.79. The number of carboxylic acid groups (broad SMARTS) is 1. The number of anilines is 2. The predicted molar refractivity (Wildman–Crippen MR) is 111 cm³/mol. The van der Waals surface area contributed by atoms with E-state index in [-0.39, 0.29) is 18.7 Å². The molecule has 0 radical (unpaired) electrons. The zero-order valence-electron chi connectivity index (χ0n) is 16.1. The molecule has 148 valence electrons. The molecule has 3 aromatic rings. The van der Waals surface area contributed by atoms with Crippen LogP contribution in [0, 0.1) is 0 Å². The Morgan fingerprint density at radius 2 is 1.59 bits per heavy atom. The van der Waals surface area contributed by atoms with E-state index in [4.69, 9.17) is 0 Å². The predicted octanol–water partition coefficient (Wildman–Crippen LogP) is 2.98. The van der Waals surface area contributed by atoms with Crippen molar-refractivity contribution >= 4 is 39.9 Å². The number of rotatable bonds is 7. The Morgan fingerprint density at radius 3 is 2.28 bits per heavy atom. The highest BCUT2D eigenvalue weighted by Crippen LogP contribution is 2.28. The SMILES string of the molecule is CCN(C(=O)c1ccc(NC(=O)CCC(=O)[O-])cc1)c1cccc2ccccc12. The lowest BCUT2D eigenvalue weighted by atomic mass is 10.1. The standard InChI is InChI=1S/C23H22N2O4/c1-2-25(20-9-5-7-16-6-3-4-8-19(16)20)23(29)17-10-12-18(13-11-17)24-21(26)14-15-22(27)28/h3-13H,2,14-15H2,1H3,(H,24,26)(H,27,28)/p-1. The summed E-state index contributed by atoms with van der Waals surface area (Å²) in [5.41, 5.74) is 1.83. The minimum atomic E-state index is -1.27. The maximum absolute atomic E-state index is 13.1. The summed E-state index contributed by atoms with van der Waals surface area (Å²) >= 11 is 0. The number of nitrogens with one attached hydrogen (secondary N) is 1. The fourth-order valence-corrected chi connectivity index (χ4v) is 3.16. The van der Waals surface area contributed by atoms with E-state index < -0.39 is 11.9 Å². The van der Waals surface area contributed by atoms with Gasteiger partial charge in [0.15, 0.2) is 0 Å². The first-order valence-corrected chi connectivity index (χ1v) is 9.39. The number of hydrogen-bond donors (Lipinski definition) is 1. The molecule has 0 aliphatic rings. The second-order valence-corrected chi connectivity index (χ2v) is 6.55. The van der Waals surface area contributed by atoms with Gasteiger partial charge < -0.3 is 20.1 Å². The topological polar surface area (TPSA) is 89.5 Å². The van der Waals surface area contributed by atoms with Gasteiger partial charge in [0.25, 0.3) is 5.91 Å². The first-order valence-electron chi connectivity index (χ1n) is 9.39. The van der Waals surface area contributed by atoms with Crippen molar-refractivity contribution in [1.82, 2.24) is 0 Å². The lowest BCUT2D eigenvalue weighted by Crippen LogP contribution is -2.30. The Balaban J connectivity index is 1.78. The molecule has 0 unspecified atom stereocenters. The number of carbonyl (C=O) groups excluding carboxylic acids is 3. The molecule has 0 saturated carbocycles. The van der Waals surface area contributed by atoms with E-state index in [9.17, 15) is 19.5 Å². The molecule has 29 heavy (non-hydrogen) atoms. The first-order chi connectivity index (χ1) is 14.0. The van der Waals surface area contributed by atoms with E-state index in [1.54, 1.807) is 29.2 Å². The van der Waals surface area contributed by atoms with Crippen molar-refractivity contribution in [3.05, 3.63) is 72.3 Å². The van der Waals surface area contributed by atoms with Crippen LogP contribution in [0.5, 0.6) is 0 Å². The van der Waals surface area contributed by atoms with E-state index in [1.165, 1.54) is 0 Å². The van der Waals surface area contributed by atoms with Crippen molar-refractivity contribution in [2.45, 2.75) is 19.8 Å². The largest absolute Gasteiger partial charge is 0.550 e. The Labute approximate surface area is 168 Å². The molecule has 3 rings (SSSR count). The van der Waals surface area contributed by atoms with Crippen molar-refractivity contribution in [1.29, 1.82) is 0 Å². The second-order valence-electron chi connectivity index (χ2n) is 6.55. The molecule has 2 amide bonds. The number of amides is 2. The molecular weight excluding hydrogens is 368 g/mol. The van der Waals surface area contributed by atoms with E-state index in [0.717, 1.165) is 16.5 Å². The van der Waals surface area contributed by atoms with Crippen LogP contribution in [0.3, 0.4) is 0 Å². The fourth-order valence-electron chi connectivity index (χ4n) is 3.16. The van der Waals surface area contributed by atoms with Crippen LogP contribution in [-0.2, 0) is 9.59 Å². The molecule has 0 spiro atoms. The molecule has 3 aromatic carbocycles. The summed E-state index contributed by atoms with van der Waals surface area (Å²) in [6, 6.07) is 20.3. The maximum atomic E-state index is 13.1. The van der Waals surface area contributed by atoms with Crippen LogP contribution in [0.2, 0.25) is 0 Å². The van der Waals surface area contributed by atoms with Gasteiger partial charge in [0.1, 0.15) is 0 Å². The minimum Gasteiger partial charge on any atom is -0.550 e. The summed E-state index contributed by atoms with van der Waals surface area (Å²) in [5.74, 6) is -1.83. The number of benzene rings is 3.